The molecule has 5 heteroatoms. The maximum Gasteiger partial charge on any atom is 0.336 e. The zero-order valence-corrected chi connectivity index (χ0v) is 14.7. The zero-order valence-electron chi connectivity index (χ0n) is 14.7. The highest BCUT2D eigenvalue weighted by molar-refractivity contribution is 6.04. The number of rotatable bonds is 2. The number of fused-ring (bicyclic) bond motifs is 2. The van der Waals surface area contributed by atoms with Crippen molar-refractivity contribution in [2.75, 3.05) is 13.2 Å². The van der Waals surface area contributed by atoms with Crippen molar-refractivity contribution in [2.24, 2.45) is 0 Å². The summed E-state index contributed by atoms with van der Waals surface area (Å²) in [5, 5.41) is 10.3. The van der Waals surface area contributed by atoms with Crippen molar-refractivity contribution in [3.8, 4) is 22.8 Å². The Bertz CT molecular complexity index is 1030. The Labute approximate surface area is 151 Å². The van der Waals surface area contributed by atoms with Crippen LogP contribution in [0.5, 0.6) is 11.5 Å². The standard InChI is InChI=1S/C21H19NO4/c1-12-4-5-14(13(2)8-12)17-9-16(21(23)24)15-10-19-20(11-18(15)22-17)26-7-3-6-25-19/h4-5,8-11H,3,6-7H2,1-2H3,(H,23,24). The molecule has 132 valence electrons. The van der Waals surface area contributed by atoms with Gasteiger partial charge in [0.2, 0.25) is 0 Å². The molecule has 1 N–H and O–H groups in total. The van der Waals surface area contributed by atoms with Crippen molar-refractivity contribution in [1.29, 1.82) is 0 Å². The van der Waals surface area contributed by atoms with E-state index in [-0.39, 0.29) is 5.56 Å². The molecule has 0 radical (unpaired) electrons. The van der Waals surface area contributed by atoms with Gasteiger partial charge >= 0.3 is 5.97 Å². The summed E-state index contributed by atoms with van der Waals surface area (Å²) in [5.74, 6) is 0.188. The number of aryl methyl sites for hydroxylation is 2. The molecule has 0 unspecified atom stereocenters. The molecule has 2 aromatic carbocycles. The minimum Gasteiger partial charge on any atom is -0.490 e. The molecule has 0 bridgehead atoms. The molecule has 2 heterocycles. The van der Waals surface area contributed by atoms with Crippen LogP contribution in [0.2, 0.25) is 0 Å². The SMILES string of the molecule is Cc1ccc(-c2cc(C(=O)O)c3cc4c(cc3n2)OCCCO4)c(C)c1. The van der Waals surface area contributed by atoms with Crippen LogP contribution in [-0.4, -0.2) is 29.3 Å². The molecule has 0 atom stereocenters. The molecule has 0 spiro atoms. The fourth-order valence-corrected chi connectivity index (χ4v) is 3.30. The topological polar surface area (TPSA) is 68.7 Å². The number of ether oxygens (including phenoxy) is 2. The lowest BCUT2D eigenvalue weighted by atomic mass is 9.99. The van der Waals surface area contributed by atoms with Gasteiger partial charge in [-0.2, -0.15) is 0 Å². The molecule has 0 saturated heterocycles. The first-order valence-corrected chi connectivity index (χ1v) is 8.58. The number of benzene rings is 2. The first kappa shape index (κ1) is 16.4. The van der Waals surface area contributed by atoms with Crippen molar-refractivity contribution in [1.82, 2.24) is 4.98 Å². The molecule has 0 fully saturated rings. The third kappa shape index (κ3) is 2.86. The lowest BCUT2D eigenvalue weighted by molar-refractivity contribution is 0.0699. The number of pyridine rings is 1. The van der Waals surface area contributed by atoms with Crippen LogP contribution in [0.4, 0.5) is 0 Å². The molecular weight excluding hydrogens is 330 g/mol. The Hall–Kier alpha value is -3.08. The first-order valence-electron chi connectivity index (χ1n) is 8.58. The van der Waals surface area contributed by atoms with E-state index < -0.39 is 5.97 Å². The lowest BCUT2D eigenvalue weighted by Gasteiger charge is -2.13. The lowest BCUT2D eigenvalue weighted by Crippen LogP contribution is -2.02. The van der Waals surface area contributed by atoms with Gasteiger partial charge in [-0.05, 0) is 31.5 Å². The van der Waals surface area contributed by atoms with Crippen LogP contribution in [-0.2, 0) is 0 Å². The van der Waals surface area contributed by atoms with Gasteiger partial charge in [0.25, 0.3) is 0 Å². The molecule has 1 aromatic heterocycles. The molecule has 0 amide bonds. The second kappa shape index (κ2) is 6.33. The number of aromatic nitrogens is 1. The van der Waals surface area contributed by atoms with Gasteiger partial charge in [-0.3, -0.25) is 0 Å². The normalized spacial score (nSPS) is 13.5. The van der Waals surface area contributed by atoms with E-state index in [9.17, 15) is 9.90 Å². The minimum absolute atomic E-state index is 0.209. The van der Waals surface area contributed by atoms with Crippen molar-refractivity contribution in [3.05, 3.63) is 53.1 Å². The van der Waals surface area contributed by atoms with E-state index in [2.05, 4.69) is 6.07 Å². The Morgan fingerprint density at radius 2 is 1.77 bits per heavy atom. The van der Waals surface area contributed by atoms with E-state index in [1.807, 2.05) is 26.0 Å². The summed E-state index contributed by atoms with van der Waals surface area (Å²) in [6.07, 6.45) is 0.790. The minimum atomic E-state index is -0.988. The van der Waals surface area contributed by atoms with Crippen LogP contribution in [0, 0.1) is 13.8 Å². The summed E-state index contributed by atoms with van der Waals surface area (Å²) in [7, 11) is 0. The highest BCUT2D eigenvalue weighted by Crippen LogP contribution is 2.36. The molecule has 0 saturated carbocycles. The Kier molecular flexibility index (Phi) is 3.99. The van der Waals surface area contributed by atoms with Gasteiger partial charge in [-0.25, -0.2) is 9.78 Å². The molecule has 0 aliphatic carbocycles. The van der Waals surface area contributed by atoms with E-state index in [0.717, 1.165) is 23.1 Å². The van der Waals surface area contributed by atoms with Gasteiger partial charge in [-0.1, -0.05) is 23.8 Å². The van der Waals surface area contributed by atoms with E-state index in [1.54, 1.807) is 18.2 Å². The van der Waals surface area contributed by atoms with E-state index in [4.69, 9.17) is 14.5 Å². The summed E-state index contributed by atoms with van der Waals surface area (Å²) in [5.41, 5.74) is 4.57. The van der Waals surface area contributed by atoms with Gasteiger partial charge in [0.1, 0.15) is 0 Å². The Morgan fingerprint density at radius 1 is 1.04 bits per heavy atom. The van der Waals surface area contributed by atoms with E-state index >= 15 is 0 Å². The fourth-order valence-electron chi connectivity index (χ4n) is 3.30. The predicted octanol–water partition coefficient (Wildman–Crippen LogP) is 4.38. The maximum absolute atomic E-state index is 11.9. The maximum atomic E-state index is 11.9. The first-order chi connectivity index (χ1) is 12.5. The average molecular weight is 349 g/mol. The predicted molar refractivity (Wildman–Crippen MR) is 99.2 cm³/mol. The van der Waals surface area contributed by atoms with Crippen LogP contribution < -0.4 is 9.47 Å². The summed E-state index contributed by atoms with van der Waals surface area (Å²) < 4.78 is 11.4. The van der Waals surface area contributed by atoms with E-state index in [1.165, 1.54) is 0 Å². The number of carboxylic acid groups (broad SMARTS) is 1. The molecule has 3 aromatic rings. The Balaban J connectivity index is 1.97. The number of hydrogen-bond acceptors (Lipinski definition) is 4. The molecule has 26 heavy (non-hydrogen) atoms. The number of carboxylic acids is 1. The zero-order chi connectivity index (χ0) is 18.3. The summed E-state index contributed by atoms with van der Waals surface area (Å²) in [4.78, 5) is 16.6. The number of hydrogen-bond donors (Lipinski definition) is 1. The fraction of sp³-hybridized carbons (Fsp3) is 0.238. The van der Waals surface area contributed by atoms with Crippen molar-refractivity contribution in [3.63, 3.8) is 0 Å². The Morgan fingerprint density at radius 3 is 2.46 bits per heavy atom. The molecule has 5 nitrogen and oxygen atoms in total. The number of carbonyl (C=O) groups is 1. The summed E-state index contributed by atoms with van der Waals surface area (Å²) in [6.45, 7) is 5.15. The van der Waals surface area contributed by atoms with Crippen LogP contribution in [0.25, 0.3) is 22.2 Å². The van der Waals surface area contributed by atoms with Gasteiger partial charge in [-0.15, -0.1) is 0 Å². The van der Waals surface area contributed by atoms with Gasteiger partial charge in [0.15, 0.2) is 11.5 Å². The number of aromatic carboxylic acids is 1. The monoisotopic (exact) mass is 349 g/mol. The summed E-state index contributed by atoms with van der Waals surface area (Å²) in [6, 6.07) is 11.2. The molecule has 1 aliphatic rings. The second-order valence-corrected chi connectivity index (χ2v) is 6.55. The van der Waals surface area contributed by atoms with Gasteiger partial charge < -0.3 is 14.6 Å². The third-order valence-corrected chi connectivity index (χ3v) is 4.57. The largest absolute Gasteiger partial charge is 0.490 e. The van der Waals surface area contributed by atoms with Crippen LogP contribution in [0.1, 0.15) is 27.9 Å². The van der Waals surface area contributed by atoms with Crippen LogP contribution in [0.15, 0.2) is 36.4 Å². The molecule has 1 aliphatic heterocycles. The second-order valence-electron chi connectivity index (χ2n) is 6.55. The highest BCUT2D eigenvalue weighted by atomic mass is 16.5. The number of nitrogens with zero attached hydrogens (tertiary/aromatic N) is 1. The van der Waals surface area contributed by atoms with Crippen LogP contribution in [0.3, 0.4) is 0 Å². The van der Waals surface area contributed by atoms with Gasteiger partial charge in [0, 0.05) is 23.4 Å². The quantitative estimate of drug-likeness (QED) is 0.744. The van der Waals surface area contributed by atoms with Crippen molar-refractivity contribution >= 4 is 16.9 Å². The van der Waals surface area contributed by atoms with Crippen LogP contribution >= 0.6 is 0 Å². The van der Waals surface area contributed by atoms with E-state index in [0.29, 0.717) is 41.3 Å². The smallest absolute Gasteiger partial charge is 0.336 e. The molecular formula is C21H19NO4. The average Bonchev–Trinajstić information content (AvgIpc) is 2.83. The van der Waals surface area contributed by atoms with Crippen molar-refractivity contribution < 1.29 is 19.4 Å². The summed E-state index contributed by atoms with van der Waals surface area (Å²) >= 11 is 0. The third-order valence-electron chi connectivity index (χ3n) is 4.57. The molecule has 4 rings (SSSR count). The van der Waals surface area contributed by atoms with Gasteiger partial charge in [0.05, 0.1) is 30.0 Å². The highest BCUT2D eigenvalue weighted by Gasteiger charge is 2.19. The van der Waals surface area contributed by atoms with Crippen molar-refractivity contribution in [2.45, 2.75) is 20.3 Å².